The van der Waals surface area contributed by atoms with Crippen LogP contribution < -0.4 is 0 Å². The number of allylic oxidation sites excluding steroid dienone is 1. The quantitative estimate of drug-likeness (QED) is 0.669. The summed E-state index contributed by atoms with van der Waals surface area (Å²) < 4.78 is 21.4. The molecule has 0 unspecified atom stereocenters. The minimum absolute atomic E-state index is 0.124. The molecule has 1 aliphatic heterocycles. The van der Waals surface area contributed by atoms with Gasteiger partial charge >= 0.3 is 0 Å². The average Bonchev–Trinajstić information content (AvgIpc) is 2.08. The Morgan fingerprint density at radius 3 is 1.76 bits per heavy atom. The van der Waals surface area contributed by atoms with Crippen LogP contribution in [0.1, 0.15) is 34.1 Å². The van der Waals surface area contributed by atoms with Crippen molar-refractivity contribution in [3.8, 4) is 0 Å². The van der Waals surface area contributed by atoms with Crippen molar-refractivity contribution in [3.05, 3.63) is 11.5 Å². The van der Waals surface area contributed by atoms with Gasteiger partial charge in [0.15, 0.2) is 9.84 Å². The van der Waals surface area contributed by atoms with Crippen molar-refractivity contribution in [1.29, 1.82) is 0 Å². The second kappa shape index (κ2) is 5.54. The molecule has 0 atom stereocenters. The van der Waals surface area contributed by atoms with Gasteiger partial charge < -0.3 is 10.2 Å². The maximum Gasteiger partial charge on any atom is 0.154 e. The standard InChI is InChI=1S/C6H14O2.C5H7BO2S/c1-5(2,7)6(3,4)8;6-5-1-3-9(7,8)4-2-5/h7-8H,1-4H3;1H,2-4H2. The van der Waals surface area contributed by atoms with Crippen LogP contribution >= 0.6 is 0 Å². The zero-order valence-electron chi connectivity index (χ0n) is 10.9. The summed E-state index contributed by atoms with van der Waals surface area (Å²) in [6.45, 7) is 6.31. The number of hydrogen-bond acceptors (Lipinski definition) is 4. The molecular formula is C11H21BO4S. The molecule has 0 fully saturated rings. The molecule has 17 heavy (non-hydrogen) atoms. The maximum absolute atomic E-state index is 10.7. The molecule has 6 heteroatoms. The molecule has 0 aromatic rings. The van der Waals surface area contributed by atoms with Crippen molar-refractivity contribution >= 4 is 17.7 Å². The Kier molecular flexibility index (Phi) is 5.44. The van der Waals surface area contributed by atoms with Crippen LogP contribution in [0.2, 0.25) is 0 Å². The van der Waals surface area contributed by atoms with Gasteiger partial charge in [-0.05, 0) is 34.1 Å². The Hall–Kier alpha value is -0.325. The van der Waals surface area contributed by atoms with Gasteiger partial charge in [0.1, 0.15) is 7.85 Å². The lowest BCUT2D eigenvalue weighted by atomic mass is 9.90. The van der Waals surface area contributed by atoms with E-state index in [1.807, 2.05) is 0 Å². The summed E-state index contributed by atoms with van der Waals surface area (Å²) in [7, 11) is 2.58. The van der Waals surface area contributed by atoms with Crippen molar-refractivity contribution in [2.24, 2.45) is 0 Å². The average molecular weight is 260 g/mol. The fraction of sp³-hybridized carbons (Fsp3) is 0.818. The highest BCUT2D eigenvalue weighted by Gasteiger charge is 2.31. The predicted molar refractivity (Wildman–Crippen MR) is 69.7 cm³/mol. The van der Waals surface area contributed by atoms with Crippen LogP contribution in [-0.4, -0.2) is 49.2 Å². The first kappa shape index (κ1) is 16.7. The van der Waals surface area contributed by atoms with Crippen LogP contribution in [0.3, 0.4) is 0 Å². The molecule has 0 bridgehead atoms. The van der Waals surface area contributed by atoms with Gasteiger partial charge in [0.25, 0.3) is 0 Å². The molecule has 0 aromatic heterocycles. The zero-order valence-corrected chi connectivity index (χ0v) is 11.7. The van der Waals surface area contributed by atoms with E-state index in [1.165, 1.54) is 0 Å². The van der Waals surface area contributed by atoms with E-state index in [1.54, 1.807) is 33.8 Å². The molecule has 0 aliphatic carbocycles. The summed E-state index contributed by atoms with van der Waals surface area (Å²) >= 11 is 0. The summed E-state index contributed by atoms with van der Waals surface area (Å²) in [5.74, 6) is 0.341. The molecule has 1 aliphatic rings. The highest BCUT2D eigenvalue weighted by atomic mass is 32.2. The van der Waals surface area contributed by atoms with Gasteiger partial charge in [0, 0.05) is 0 Å². The molecule has 2 N–H and O–H groups in total. The SMILES string of the molecule is CC(C)(O)C(C)(C)O.[B]C1=CCS(=O)(=O)CC1. The molecule has 0 saturated heterocycles. The van der Waals surface area contributed by atoms with Gasteiger partial charge in [-0.1, -0.05) is 6.08 Å². The van der Waals surface area contributed by atoms with E-state index >= 15 is 0 Å². The molecular weight excluding hydrogens is 239 g/mol. The predicted octanol–water partition coefficient (Wildman–Crippen LogP) is 0.385. The normalized spacial score (nSPS) is 20.0. The van der Waals surface area contributed by atoms with Gasteiger partial charge in [-0.2, -0.15) is 0 Å². The fourth-order valence-corrected chi connectivity index (χ4v) is 1.87. The number of sulfone groups is 1. The van der Waals surface area contributed by atoms with E-state index in [2.05, 4.69) is 0 Å². The molecule has 0 saturated carbocycles. The molecule has 0 aromatic carbocycles. The molecule has 98 valence electrons. The lowest BCUT2D eigenvalue weighted by Gasteiger charge is -2.31. The second-order valence-electron chi connectivity index (χ2n) is 5.26. The minimum atomic E-state index is -2.77. The van der Waals surface area contributed by atoms with Crippen molar-refractivity contribution < 1.29 is 18.6 Å². The van der Waals surface area contributed by atoms with E-state index < -0.39 is 21.0 Å². The third kappa shape index (κ3) is 6.86. The van der Waals surface area contributed by atoms with Crippen LogP contribution in [-0.2, 0) is 9.84 Å². The third-order valence-electron chi connectivity index (χ3n) is 2.80. The smallest absolute Gasteiger partial charge is 0.154 e. The summed E-state index contributed by atoms with van der Waals surface area (Å²) in [6, 6.07) is 0. The Balaban J connectivity index is 0.000000304. The first-order valence-electron chi connectivity index (χ1n) is 5.45. The summed E-state index contributed by atoms with van der Waals surface area (Å²) in [4.78, 5) is 0. The Morgan fingerprint density at radius 1 is 1.18 bits per heavy atom. The van der Waals surface area contributed by atoms with Gasteiger partial charge in [-0.3, -0.25) is 0 Å². The molecule has 1 rings (SSSR count). The van der Waals surface area contributed by atoms with Gasteiger partial charge in [-0.25, -0.2) is 8.42 Å². The van der Waals surface area contributed by atoms with E-state index in [-0.39, 0.29) is 11.5 Å². The van der Waals surface area contributed by atoms with Gasteiger partial charge in [0.2, 0.25) is 0 Å². The van der Waals surface area contributed by atoms with Gasteiger partial charge in [-0.15, -0.1) is 5.47 Å². The van der Waals surface area contributed by atoms with Crippen LogP contribution in [0, 0.1) is 0 Å². The third-order valence-corrected chi connectivity index (χ3v) is 4.30. The molecule has 4 nitrogen and oxygen atoms in total. The lowest BCUT2D eigenvalue weighted by molar-refractivity contribution is -0.107. The topological polar surface area (TPSA) is 74.6 Å². The van der Waals surface area contributed by atoms with Crippen molar-refractivity contribution in [2.75, 3.05) is 11.5 Å². The largest absolute Gasteiger partial charge is 0.387 e. The van der Waals surface area contributed by atoms with Crippen molar-refractivity contribution in [1.82, 2.24) is 0 Å². The Labute approximate surface area is 105 Å². The summed E-state index contributed by atoms with van der Waals surface area (Å²) in [5.41, 5.74) is -1.31. The Bertz CT molecular complexity index is 359. The van der Waals surface area contributed by atoms with Crippen LogP contribution in [0.5, 0.6) is 0 Å². The highest BCUT2D eigenvalue weighted by Crippen LogP contribution is 2.19. The van der Waals surface area contributed by atoms with E-state index in [0.29, 0.717) is 11.9 Å². The van der Waals surface area contributed by atoms with Crippen LogP contribution in [0.4, 0.5) is 0 Å². The van der Waals surface area contributed by atoms with Crippen molar-refractivity contribution in [3.63, 3.8) is 0 Å². The van der Waals surface area contributed by atoms with Crippen LogP contribution in [0.25, 0.3) is 0 Å². The highest BCUT2D eigenvalue weighted by molar-refractivity contribution is 7.91. The molecule has 2 radical (unpaired) electrons. The van der Waals surface area contributed by atoms with Crippen LogP contribution in [0.15, 0.2) is 11.5 Å². The minimum Gasteiger partial charge on any atom is -0.387 e. The summed E-state index contributed by atoms with van der Waals surface area (Å²) in [6.07, 6.45) is 2.07. The number of rotatable bonds is 1. The number of hydrogen-bond donors (Lipinski definition) is 2. The van der Waals surface area contributed by atoms with Crippen molar-refractivity contribution in [2.45, 2.75) is 45.3 Å². The first-order valence-corrected chi connectivity index (χ1v) is 7.27. The zero-order chi connectivity index (χ0) is 13.9. The fourth-order valence-electron chi connectivity index (χ4n) is 0.693. The monoisotopic (exact) mass is 260 g/mol. The van der Waals surface area contributed by atoms with Gasteiger partial charge in [0.05, 0.1) is 22.7 Å². The Morgan fingerprint density at radius 2 is 1.59 bits per heavy atom. The maximum atomic E-state index is 10.7. The van der Waals surface area contributed by atoms with E-state index in [0.717, 1.165) is 0 Å². The second-order valence-corrected chi connectivity index (χ2v) is 7.49. The molecule has 0 amide bonds. The number of aliphatic hydroxyl groups is 2. The van der Waals surface area contributed by atoms with E-state index in [9.17, 15) is 8.42 Å². The lowest BCUT2D eigenvalue weighted by Crippen LogP contribution is -2.44. The first-order chi connectivity index (χ1) is 7.35. The van der Waals surface area contributed by atoms with E-state index in [4.69, 9.17) is 18.1 Å². The molecule has 0 spiro atoms. The molecule has 1 heterocycles. The summed E-state index contributed by atoms with van der Waals surface area (Å²) in [5, 5.41) is 18.2.